The number of fused-ring (bicyclic) bond motifs is 5. The average Bonchev–Trinajstić information content (AvgIpc) is 3.31. The molecule has 1 N–H and O–H groups in total. The maximum Gasteiger partial charge on any atom is 0.322 e. The molecule has 2 aromatic heterocycles. The van der Waals surface area contributed by atoms with Gasteiger partial charge in [-0.3, -0.25) is 0 Å². The molecule has 31 heavy (non-hydrogen) atoms. The molecular formula is C24H25F2N3OS. The molecule has 0 saturated carbocycles. The highest BCUT2D eigenvalue weighted by Crippen LogP contribution is 2.44. The van der Waals surface area contributed by atoms with E-state index in [1.807, 2.05) is 22.3 Å². The monoisotopic (exact) mass is 441 g/mol. The second-order valence-corrected chi connectivity index (χ2v) is 9.75. The van der Waals surface area contributed by atoms with Crippen LogP contribution in [0.3, 0.4) is 0 Å². The predicted molar refractivity (Wildman–Crippen MR) is 119 cm³/mol. The summed E-state index contributed by atoms with van der Waals surface area (Å²) in [7, 11) is 0. The molecule has 5 rings (SSSR count). The number of rotatable bonds is 2. The number of benzene rings is 1. The third-order valence-corrected chi connectivity index (χ3v) is 7.62. The molecule has 0 spiro atoms. The maximum atomic E-state index is 14.2. The molecule has 3 heterocycles. The van der Waals surface area contributed by atoms with Crippen LogP contribution in [0.5, 0.6) is 0 Å². The Hall–Kier alpha value is -2.67. The number of aryl methyl sites for hydroxylation is 1. The van der Waals surface area contributed by atoms with Gasteiger partial charge < -0.3 is 14.8 Å². The van der Waals surface area contributed by atoms with E-state index in [2.05, 4.69) is 36.0 Å². The fourth-order valence-electron chi connectivity index (χ4n) is 4.90. The molecule has 1 aromatic carbocycles. The number of aromatic nitrogens is 1. The number of amides is 2. The van der Waals surface area contributed by atoms with Crippen molar-refractivity contribution in [2.45, 2.75) is 52.1 Å². The van der Waals surface area contributed by atoms with Crippen LogP contribution in [0.15, 0.2) is 36.5 Å². The van der Waals surface area contributed by atoms with Crippen LogP contribution in [0.4, 0.5) is 19.3 Å². The molecule has 0 saturated heterocycles. The molecule has 3 aromatic rings. The van der Waals surface area contributed by atoms with E-state index in [4.69, 9.17) is 0 Å². The minimum atomic E-state index is -0.777. The molecule has 0 radical (unpaired) electrons. The lowest BCUT2D eigenvalue weighted by atomic mass is 9.94. The van der Waals surface area contributed by atoms with E-state index >= 15 is 0 Å². The summed E-state index contributed by atoms with van der Waals surface area (Å²) >= 11 is 1.84. The third-order valence-electron chi connectivity index (χ3n) is 6.29. The zero-order valence-electron chi connectivity index (χ0n) is 17.6. The van der Waals surface area contributed by atoms with E-state index in [0.29, 0.717) is 6.54 Å². The van der Waals surface area contributed by atoms with Gasteiger partial charge in [-0.2, -0.15) is 0 Å². The zero-order chi connectivity index (χ0) is 21.7. The van der Waals surface area contributed by atoms with Crippen molar-refractivity contribution in [3.05, 3.63) is 69.9 Å². The SMILES string of the molecule is CC(C)[C@@H]1c2cccn2-c2sc3c(c2CN1C(=O)Nc1ccc(F)cc1F)CCCC3. The van der Waals surface area contributed by atoms with Crippen LogP contribution in [0.25, 0.3) is 5.00 Å². The highest BCUT2D eigenvalue weighted by molar-refractivity contribution is 7.15. The standard InChI is InChI=1S/C24H25F2N3OS/c1-14(2)22-20-7-5-11-28(20)23-17(16-6-3-4-8-21(16)31-23)13-29(22)24(30)27-19-10-9-15(25)12-18(19)26/h5,7,9-12,14,22H,3-4,6,8,13H2,1-2H3,(H,27,30)/t22-/m1/s1. The van der Waals surface area contributed by atoms with Gasteiger partial charge in [-0.1, -0.05) is 13.8 Å². The molecule has 2 amide bonds. The van der Waals surface area contributed by atoms with Crippen LogP contribution in [0.1, 0.15) is 54.4 Å². The number of hydrogen-bond donors (Lipinski definition) is 1. The van der Waals surface area contributed by atoms with Gasteiger partial charge in [0.15, 0.2) is 0 Å². The maximum absolute atomic E-state index is 14.2. The van der Waals surface area contributed by atoms with Crippen molar-refractivity contribution in [3.63, 3.8) is 0 Å². The molecule has 1 atom stereocenters. The molecule has 0 bridgehead atoms. The van der Waals surface area contributed by atoms with Crippen LogP contribution in [0, 0.1) is 17.6 Å². The number of carbonyl (C=O) groups is 1. The normalized spacial score (nSPS) is 17.7. The van der Waals surface area contributed by atoms with E-state index < -0.39 is 11.6 Å². The van der Waals surface area contributed by atoms with E-state index in [1.165, 1.54) is 33.5 Å². The van der Waals surface area contributed by atoms with Crippen molar-refractivity contribution in [2.24, 2.45) is 5.92 Å². The number of hydrogen-bond acceptors (Lipinski definition) is 2. The quantitative estimate of drug-likeness (QED) is 0.488. The largest absolute Gasteiger partial charge is 0.322 e. The van der Waals surface area contributed by atoms with Crippen LogP contribution in [-0.4, -0.2) is 15.5 Å². The van der Waals surface area contributed by atoms with E-state index in [0.717, 1.165) is 37.1 Å². The predicted octanol–water partition coefficient (Wildman–Crippen LogP) is 6.44. The summed E-state index contributed by atoms with van der Waals surface area (Å²) in [6.07, 6.45) is 6.56. The van der Waals surface area contributed by atoms with Crippen LogP contribution in [0.2, 0.25) is 0 Å². The first-order valence-corrected chi connectivity index (χ1v) is 11.6. The average molecular weight is 442 g/mol. The lowest BCUT2D eigenvalue weighted by Crippen LogP contribution is -2.39. The van der Waals surface area contributed by atoms with Gasteiger partial charge in [0.05, 0.1) is 18.3 Å². The fourth-order valence-corrected chi connectivity index (χ4v) is 6.30. The van der Waals surface area contributed by atoms with Crippen molar-refractivity contribution in [2.75, 3.05) is 5.32 Å². The number of thiophene rings is 1. The molecule has 1 aliphatic heterocycles. The summed E-state index contributed by atoms with van der Waals surface area (Å²) < 4.78 is 29.8. The number of nitrogens with one attached hydrogen (secondary N) is 1. The van der Waals surface area contributed by atoms with Crippen LogP contribution < -0.4 is 5.32 Å². The van der Waals surface area contributed by atoms with E-state index in [9.17, 15) is 13.6 Å². The number of nitrogens with zero attached hydrogens (tertiary/aromatic N) is 2. The Morgan fingerprint density at radius 2 is 1.97 bits per heavy atom. The van der Waals surface area contributed by atoms with Crippen molar-refractivity contribution in [1.29, 1.82) is 0 Å². The van der Waals surface area contributed by atoms with Crippen molar-refractivity contribution >= 4 is 23.1 Å². The van der Waals surface area contributed by atoms with Crippen molar-refractivity contribution in [3.8, 4) is 5.00 Å². The molecule has 0 fully saturated rings. The first-order chi connectivity index (χ1) is 14.9. The topological polar surface area (TPSA) is 37.3 Å². The number of urea groups is 1. The Morgan fingerprint density at radius 1 is 1.16 bits per heavy atom. The molecule has 162 valence electrons. The van der Waals surface area contributed by atoms with Gasteiger partial charge in [0.1, 0.15) is 16.6 Å². The summed E-state index contributed by atoms with van der Waals surface area (Å²) in [6.45, 7) is 4.66. The summed E-state index contributed by atoms with van der Waals surface area (Å²) in [6, 6.07) is 6.75. The van der Waals surface area contributed by atoms with Gasteiger partial charge in [0, 0.05) is 28.4 Å². The molecule has 4 nitrogen and oxygen atoms in total. The molecule has 0 unspecified atom stereocenters. The summed E-state index contributed by atoms with van der Waals surface area (Å²) in [4.78, 5) is 16.7. The Morgan fingerprint density at radius 3 is 2.74 bits per heavy atom. The Balaban J connectivity index is 1.59. The lowest BCUT2D eigenvalue weighted by Gasteiger charge is -2.33. The zero-order valence-corrected chi connectivity index (χ0v) is 18.4. The van der Waals surface area contributed by atoms with E-state index in [-0.39, 0.29) is 23.7 Å². The fraction of sp³-hybridized carbons (Fsp3) is 0.375. The van der Waals surface area contributed by atoms with E-state index in [1.54, 1.807) is 0 Å². The van der Waals surface area contributed by atoms with Crippen molar-refractivity contribution < 1.29 is 13.6 Å². The number of anilines is 1. The minimum absolute atomic E-state index is 0.0129. The van der Waals surface area contributed by atoms with Gasteiger partial charge in [-0.05, 0) is 61.4 Å². The highest BCUT2D eigenvalue weighted by atomic mass is 32.1. The van der Waals surface area contributed by atoms with Crippen LogP contribution >= 0.6 is 11.3 Å². The summed E-state index contributed by atoms with van der Waals surface area (Å²) in [5.41, 5.74) is 3.62. The first-order valence-electron chi connectivity index (χ1n) is 10.8. The first kappa shape index (κ1) is 20.2. The smallest absolute Gasteiger partial charge is 0.311 e. The van der Waals surface area contributed by atoms with Gasteiger partial charge in [-0.15, -0.1) is 11.3 Å². The Labute approximate surface area is 184 Å². The Kier molecular flexibility index (Phi) is 5.08. The second kappa shape index (κ2) is 7.79. The molecule has 2 aliphatic rings. The highest BCUT2D eigenvalue weighted by Gasteiger charge is 2.36. The molecule has 7 heteroatoms. The summed E-state index contributed by atoms with van der Waals surface area (Å²) in [5.74, 6) is -1.29. The van der Waals surface area contributed by atoms with Gasteiger partial charge >= 0.3 is 6.03 Å². The van der Waals surface area contributed by atoms with Gasteiger partial charge in [-0.25, -0.2) is 13.6 Å². The Bertz CT molecular complexity index is 1150. The van der Waals surface area contributed by atoms with Gasteiger partial charge in [0.25, 0.3) is 0 Å². The molecular weight excluding hydrogens is 416 g/mol. The second-order valence-electron chi connectivity index (χ2n) is 8.67. The number of halogens is 2. The number of carbonyl (C=O) groups excluding carboxylic acids is 1. The lowest BCUT2D eigenvalue weighted by molar-refractivity contribution is 0.161. The summed E-state index contributed by atoms with van der Waals surface area (Å²) in [5, 5.41) is 3.88. The minimum Gasteiger partial charge on any atom is -0.311 e. The molecule has 1 aliphatic carbocycles. The third kappa shape index (κ3) is 3.45. The van der Waals surface area contributed by atoms with Crippen molar-refractivity contribution in [1.82, 2.24) is 9.47 Å². The van der Waals surface area contributed by atoms with Crippen LogP contribution in [-0.2, 0) is 19.4 Å². The van der Waals surface area contributed by atoms with Gasteiger partial charge in [0.2, 0.25) is 0 Å².